The molecule has 0 N–H and O–H groups in total. The van der Waals surface area contributed by atoms with Crippen molar-refractivity contribution in [3.63, 3.8) is 0 Å². The van der Waals surface area contributed by atoms with Gasteiger partial charge < -0.3 is 4.74 Å². The van der Waals surface area contributed by atoms with Gasteiger partial charge in [0.2, 0.25) is 0 Å². The highest BCUT2D eigenvalue weighted by Crippen LogP contribution is 2.09. The van der Waals surface area contributed by atoms with Gasteiger partial charge in [-0.3, -0.25) is 4.79 Å². The van der Waals surface area contributed by atoms with Crippen molar-refractivity contribution in [3.8, 4) is 0 Å². The highest BCUT2D eigenvalue weighted by atomic mass is 16.5. The molecule has 1 rings (SSSR count). The number of ketones is 1. The number of Topliss-reactive ketones (excluding diaryl/α,β-unsaturated/α-hetero) is 1. The molecule has 13 heavy (non-hydrogen) atoms. The van der Waals surface area contributed by atoms with Gasteiger partial charge in [-0.2, -0.15) is 0 Å². The number of rotatable bonds is 3. The number of allylic oxidation sites excluding steroid dienone is 3. The first kappa shape index (κ1) is 9.71. The molecule has 0 bridgehead atoms. The maximum absolute atomic E-state index is 11.2. The average Bonchev–Trinajstić information content (AvgIpc) is 2.15. The Bertz CT molecular complexity index is 274. The van der Waals surface area contributed by atoms with Crippen LogP contribution in [0.3, 0.4) is 0 Å². The van der Waals surface area contributed by atoms with Crippen molar-refractivity contribution in [2.45, 2.75) is 19.8 Å². The molecule has 1 aliphatic carbocycles. The van der Waals surface area contributed by atoms with Gasteiger partial charge in [0.25, 0.3) is 0 Å². The van der Waals surface area contributed by atoms with Gasteiger partial charge in [-0.15, -0.1) is 0 Å². The molecular weight excluding hydrogens is 168 g/mol. The van der Waals surface area contributed by atoms with Crippen LogP contribution in [0, 0.1) is 0 Å². The van der Waals surface area contributed by atoms with Crippen LogP contribution in [-0.4, -0.2) is 18.4 Å². The van der Waals surface area contributed by atoms with Crippen LogP contribution in [0.5, 0.6) is 0 Å². The lowest BCUT2D eigenvalue weighted by Gasteiger charge is -2.06. The minimum Gasteiger partial charge on any atom is -0.462 e. The summed E-state index contributed by atoms with van der Waals surface area (Å²) in [6.07, 6.45) is 5.99. The number of esters is 1. The molecule has 0 heterocycles. The van der Waals surface area contributed by atoms with Gasteiger partial charge >= 0.3 is 5.97 Å². The summed E-state index contributed by atoms with van der Waals surface area (Å²) in [6, 6.07) is 0. The van der Waals surface area contributed by atoms with E-state index >= 15 is 0 Å². The largest absolute Gasteiger partial charge is 0.462 e. The van der Waals surface area contributed by atoms with Crippen LogP contribution >= 0.6 is 0 Å². The first-order valence-electron chi connectivity index (χ1n) is 4.33. The fourth-order valence-electron chi connectivity index (χ4n) is 0.997. The molecule has 0 atom stereocenters. The van der Waals surface area contributed by atoms with Crippen molar-refractivity contribution in [2.75, 3.05) is 6.61 Å². The van der Waals surface area contributed by atoms with E-state index in [1.807, 2.05) is 6.92 Å². The summed E-state index contributed by atoms with van der Waals surface area (Å²) in [7, 11) is 0. The number of carbonyl (C=O) groups is 2. The highest BCUT2D eigenvalue weighted by Gasteiger charge is 2.19. The zero-order valence-corrected chi connectivity index (χ0v) is 7.58. The van der Waals surface area contributed by atoms with Crippen LogP contribution in [0.4, 0.5) is 0 Å². The third kappa shape index (κ3) is 2.54. The molecule has 0 amide bonds. The topological polar surface area (TPSA) is 43.4 Å². The fraction of sp³-hybridized carbons (Fsp3) is 0.400. The van der Waals surface area contributed by atoms with Gasteiger partial charge in [0.05, 0.1) is 6.61 Å². The van der Waals surface area contributed by atoms with Gasteiger partial charge in [0, 0.05) is 6.42 Å². The second-order valence-electron chi connectivity index (χ2n) is 2.77. The van der Waals surface area contributed by atoms with Crippen LogP contribution < -0.4 is 0 Å². The van der Waals surface area contributed by atoms with Gasteiger partial charge in [-0.1, -0.05) is 19.1 Å². The number of hydrogen-bond acceptors (Lipinski definition) is 3. The van der Waals surface area contributed by atoms with Crippen molar-refractivity contribution in [3.05, 3.63) is 23.8 Å². The van der Waals surface area contributed by atoms with E-state index in [0.29, 0.717) is 13.0 Å². The molecule has 0 aliphatic heterocycles. The van der Waals surface area contributed by atoms with Crippen molar-refractivity contribution < 1.29 is 14.3 Å². The minimum absolute atomic E-state index is 0.163. The minimum atomic E-state index is -0.504. The van der Waals surface area contributed by atoms with Gasteiger partial charge in [-0.05, 0) is 12.5 Å². The fourth-order valence-corrected chi connectivity index (χ4v) is 0.997. The second-order valence-corrected chi connectivity index (χ2v) is 2.77. The van der Waals surface area contributed by atoms with Crippen LogP contribution in [0.2, 0.25) is 0 Å². The molecule has 0 fully saturated rings. The van der Waals surface area contributed by atoms with Crippen molar-refractivity contribution in [1.82, 2.24) is 0 Å². The van der Waals surface area contributed by atoms with Gasteiger partial charge in [-0.25, -0.2) is 4.79 Å². The molecule has 1 aliphatic rings. The summed E-state index contributed by atoms with van der Waals surface area (Å²) in [5.74, 6) is -0.667. The predicted octanol–water partition coefficient (Wildman–Crippen LogP) is 1.40. The number of hydrogen-bond donors (Lipinski definition) is 0. The lowest BCUT2D eigenvalue weighted by Crippen LogP contribution is -2.17. The molecule has 0 saturated carbocycles. The monoisotopic (exact) mass is 180 g/mol. The normalized spacial score (nSPS) is 15.5. The molecule has 0 aromatic rings. The van der Waals surface area contributed by atoms with E-state index in [1.165, 1.54) is 6.08 Å². The second kappa shape index (κ2) is 4.60. The number of carbonyl (C=O) groups excluding carboxylic acids is 2. The third-order valence-electron chi connectivity index (χ3n) is 1.66. The Balaban J connectivity index is 2.59. The van der Waals surface area contributed by atoms with Crippen molar-refractivity contribution >= 4 is 11.8 Å². The molecule has 0 unspecified atom stereocenters. The van der Waals surface area contributed by atoms with Crippen molar-refractivity contribution in [1.29, 1.82) is 0 Å². The van der Waals surface area contributed by atoms with Gasteiger partial charge in [0.1, 0.15) is 5.57 Å². The molecule has 3 heteroatoms. The van der Waals surface area contributed by atoms with E-state index < -0.39 is 5.97 Å². The zero-order valence-electron chi connectivity index (χ0n) is 7.58. The molecule has 0 aromatic heterocycles. The Labute approximate surface area is 77.1 Å². The maximum Gasteiger partial charge on any atom is 0.341 e. The Morgan fingerprint density at radius 2 is 2.38 bits per heavy atom. The smallest absolute Gasteiger partial charge is 0.341 e. The number of ether oxygens (including phenoxy) is 1. The Hall–Kier alpha value is -1.38. The standard InChI is InChI=1S/C10H12O3/c1-2-7-13-10(12)8-5-3-4-6-9(8)11/h3-5H,2,6-7H2,1H3. The van der Waals surface area contributed by atoms with Crippen molar-refractivity contribution in [2.24, 2.45) is 0 Å². The van der Waals surface area contributed by atoms with E-state index in [1.54, 1.807) is 12.2 Å². The predicted molar refractivity (Wildman–Crippen MR) is 48.1 cm³/mol. The quantitative estimate of drug-likeness (QED) is 0.487. The Morgan fingerprint density at radius 1 is 1.62 bits per heavy atom. The van der Waals surface area contributed by atoms with E-state index in [4.69, 9.17) is 4.74 Å². The lowest BCUT2D eigenvalue weighted by molar-refractivity contribution is -0.140. The molecule has 0 saturated heterocycles. The highest BCUT2D eigenvalue weighted by molar-refractivity contribution is 6.18. The summed E-state index contributed by atoms with van der Waals surface area (Å²) >= 11 is 0. The summed E-state index contributed by atoms with van der Waals surface area (Å²) in [4.78, 5) is 22.4. The van der Waals surface area contributed by atoms with E-state index in [0.717, 1.165) is 6.42 Å². The van der Waals surface area contributed by atoms with Crippen LogP contribution in [0.1, 0.15) is 19.8 Å². The first-order chi connectivity index (χ1) is 6.25. The van der Waals surface area contributed by atoms with E-state index in [-0.39, 0.29) is 11.4 Å². The molecule has 70 valence electrons. The molecule has 0 radical (unpaired) electrons. The summed E-state index contributed by atoms with van der Waals surface area (Å²) < 4.78 is 4.84. The summed E-state index contributed by atoms with van der Waals surface area (Å²) in [5.41, 5.74) is 0.163. The van der Waals surface area contributed by atoms with Gasteiger partial charge in [0.15, 0.2) is 5.78 Å². The molecule has 3 nitrogen and oxygen atoms in total. The average molecular weight is 180 g/mol. The summed E-state index contributed by atoms with van der Waals surface area (Å²) in [5, 5.41) is 0. The molecule has 0 aromatic carbocycles. The lowest BCUT2D eigenvalue weighted by atomic mass is 10.0. The third-order valence-corrected chi connectivity index (χ3v) is 1.66. The van der Waals surface area contributed by atoms with E-state index in [9.17, 15) is 9.59 Å². The Morgan fingerprint density at radius 3 is 3.00 bits per heavy atom. The summed E-state index contributed by atoms with van der Waals surface area (Å²) in [6.45, 7) is 2.28. The maximum atomic E-state index is 11.2. The molecule has 0 spiro atoms. The zero-order chi connectivity index (χ0) is 9.68. The SMILES string of the molecule is CCCOC(=O)C1=CC=CCC1=O. The van der Waals surface area contributed by atoms with Crippen LogP contribution in [0.25, 0.3) is 0 Å². The Kier molecular flexibility index (Phi) is 3.43. The first-order valence-corrected chi connectivity index (χ1v) is 4.33. The van der Waals surface area contributed by atoms with Crippen LogP contribution in [0.15, 0.2) is 23.8 Å². The van der Waals surface area contributed by atoms with Crippen LogP contribution in [-0.2, 0) is 14.3 Å². The van der Waals surface area contributed by atoms with E-state index in [2.05, 4.69) is 0 Å². The molecular formula is C10H12O3.